The molecule has 186 valence electrons. The minimum Gasteiger partial charge on any atom is -0.507 e. The number of amides is 3. The monoisotopic (exact) mass is 463 g/mol. The third kappa shape index (κ3) is 7.94. The molecule has 0 aliphatic carbocycles. The minimum atomic E-state index is -1.08. The van der Waals surface area contributed by atoms with Gasteiger partial charge in [0.25, 0.3) is 0 Å². The second-order valence-corrected chi connectivity index (χ2v) is 10.3. The molecule has 0 spiro atoms. The van der Waals surface area contributed by atoms with Crippen molar-refractivity contribution in [3.05, 3.63) is 29.3 Å². The van der Waals surface area contributed by atoms with E-state index in [-0.39, 0.29) is 17.7 Å². The van der Waals surface area contributed by atoms with Crippen LogP contribution in [-0.4, -0.2) is 51.6 Å². The van der Waals surface area contributed by atoms with E-state index in [0.717, 1.165) is 0 Å². The standard InChI is InChI=1S/C25H41N3O5/c1-14(2)19(27-24(32)33-25(8,9)10)23(31)28(16(5)6)20(22(30)26-15(3)4)18-13-11-12-17(7)21(18)29/h11-16,19-20,29H,1-10H3,(H,26,30)(H,27,32). The van der Waals surface area contributed by atoms with Crippen molar-refractivity contribution in [2.45, 2.75) is 99.0 Å². The first-order valence-electron chi connectivity index (χ1n) is 11.5. The number of para-hydroxylation sites is 1. The summed E-state index contributed by atoms with van der Waals surface area (Å²) in [6.07, 6.45) is -0.708. The number of hydrogen-bond donors (Lipinski definition) is 3. The van der Waals surface area contributed by atoms with Gasteiger partial charge in [0.15, 0.2) is 0 Å². The lowest BCUT2D eigenvalue weighted by atomic mass is 9.95. The van der Waals surface area contributed by atoms with Crippen molar-refractivity contribution in [3.63, 3.8) is 0 Å². The van der Waals surface area contributed by atoms with Gasteiger partial charge in [0.1, 0.15) is 23.4 Å². The maximum Gasteiger partial charge on any atom is 0.408 e. The van der Waals surface area contributed by atoms with Crippen LogP contribution in [-0.2, 0) is 14.3 Å². The third-order valence-electron chi connectivity index (χ3n) is 4.94. The van der Waals surface area contributed by atoms with Crippen molar-refractivity contribution in [1.29, 1.82) is 0 Å². The van der Waals surface area contributed by atoms with Gasteiger partial charge in [-0.2, -0.15) is 0 Å². The number of alkyl carbamates (subject to hydrolysis) is 1. The molecule has 8 heteroatoms. The Morgan fingerprint density at radius 3 is 2.03 bits per heavy atom. The molecule has 8 nitrogen and oxygen atoms in total. The van der Waals surface area contributed by atoms with Crippen LogP contribution in [0.3, 0.4) is 0 Å². The first-order valence-corrected chi connectivity index (χ1v) is 11.5. The van der Waals surface area contributed by atoms with Gasteiger partial charge in [-0.05, 0) is 66.9 Å². The van der Waals surface area contributed by atoms with Crippen molar-refractivity contribution in [2.24, 2.45) is 5.92 Å². The Labute approximate surface area is 198 Å². The summed E-state index contributed by atoms with van der Waals surface area (Å²) in [5, 5.41) is 16.3. The van der Waals surface area contributed by atoms with E-state index in [0.29, 0.717) is 11.1 Å². The molecule has 1 rings (SSSR count). The summed E-state index contributed by atoms with van der Waals surface area (Å²) in [6, 6.07) is 2.53. The number of rotatable bonds is 8. The number of aromatic hydroxyl groups is 1. The molecule has 0 aliphatic rings. The predicted octanol–water partition coefficient (Wildman–Crippen LogP) is 4.05. The van der Waals surface area contributed by atoms with E-state index in [9.17, 15) is 19.5 Å². The zero-order valence-corrected chi connectivity index (χ0v) is 21.6. The molecular formula is C25H41N3O5. The zero-order chi connectivity index (χ0) is 25.7. The van der Waals surface area contributed by atoms with Gasteiger partial charge in [0.2, 0.25) is 11.8 Å². The number of phenols is 1. The second-order valence-electron chi connectivity index (χ2n) is 10.3. The van der Waals surface area contributed by atoms with Gasteiger partial charge < -0.3 is 25.4 Å². The summed E-state index contributed by atoms with van der Waals surface area (Å²) in [6.45, 7) is 17.8. The first kappa shape index (κ1) is 28.3. The number of nitrogens with zero attached hydrogens (tertiary/aromatic N) is 1. The Morgan fingerprint density at radius 1 is 1.00 bits per heavy atom. The van der Waals surface area contributed by atoms with Crippen molar-refractivity contribution in [2.75, 3.05) is 0 Å². The molecule has 3 N–H and O–H groups in total. The van der Waals surface area contributed by atoms with E-state index in [1.165, 1.54) is 4.90 Å². The van der Waals surface area contributed by atoms with Crippen LogP contribution in [0.15, 0.2) is 18.2 Å². The van der Waals surface area contributed by atoms with E-state index < -0.39 is 41.6 Å². The first-order chi connectivity index (χ1) is 15.1. The number of nitrogens with one attached hydrogen (secondary N) is 2. The second kappa shape index (κ2) is 11.4. The lowest BCUT2D eigenvalue weighted by molar-refractivity contribution is -0.145. The molecule has 3 amide bonds. The summed E-state index contributed by atoms with van der Waals surface area (Å²) >= 11 is 0. The molecule has 2 atom stereocenters. The summed E-state index contributed by atoms with van der Waals surface area (Å²) in [5.41, 5.74) is 0.202. The summed E-state index contributed by atoms with van der Waals surface area (Å²) in [4.78, 5) is 41.1. The number of benzene rings is 1. The minimum absolute atomic E-state index is 0.0407. The van der Waals surface area contributed by atoms with Crippen LogP contribution in [0, 0.1) is 12.8 Å². The molecule has 33 heavy (non-hydrogen) atoms. The highest BCUT2D eigenvalue weighted by molar-refractivity contribution is 5.93. The Morgan fingerprint density at radius 2 is 1.58 bits per heavy atom. The normalized spacial score (nSPS) is 13.6. The predicted molar refractivity (Wildman–Crippen MR) is 129 cm³/mol. The fourth-order valence-electron chi connectivity index (χ4n) is 3.47. The van der Waals surface area contributed by atoms with Crippen LogP contribution in [0.25, 0.3) is 0 Å². The Bertz CT molecular complexity index is 843. The number of phenolic OH excluding ortho intramolecular Hbond substituents is 1. The Hall–Kier alpha value is -2.77. The van der Waals surface area contributed by atoms with Crippen molar-refractivity contribution < 1.29 is 24.2 Å². The molecule has 0 saturated heterocycles. The lowest BCUT2D eigenvalue weighted by Gasteiger charge is -2.38. The Kier molecular flexibility index (Phi) is 9.75. The molecule has 0 aromatic heterocycles. The number of carbonyl (C=O) groups is 3. The zero-order valence-electron chi connectivity index (χ0n) is 21.6. The molecule has 2 unspecified atom stereocenters. The molecule has 0 fully saturated rings. The number of ether oxygens (including phenoxy) is 1. The van der Waals surface area contributed by atoms with Crippen LogP contribution >= 0.6 is 0 Å². The van der Waals surface area contributed by atoms with Gasteiger partial charge in [0, 0.05) is 17.6 Å². The van der Waals surface area contributed by atoms with Crippen molar-refractivity contribution in [1.82, 2.24) is 15.5 Å². The molecule has 0 radical (unpaired) electrons. The van der Waals surface area contributed by atoms with E-state index >= 15 is 0 Å². The molecule has 0 heterocycles. The maximum atomic E-state index is 13.8. The number of aryl methyl sites for hydroxylation is 1. The van der Waals surface area contributed by atoms with E-state index in [1.54, 1.807) is 59.7 Å². The molecule has 0 aliphatic heterocycles. The SMILES string of the molecule is Cc1cccc(C(C(=O)NC(C)C)N(C(=O)C(NC(=O)OC(C)(C)C)C(C)C)C(C)C)c1O. The highest BCUT2D eigenvalue weighted by atomic mass is 16.6. The Balaban J connectivity index is 3.52. The molecule has 0 bridgehead atoms. The topological polar surface area (TPSA) is 108 Å². The maximum absolute atomic E-state index is 13.8. The van der Waals surface area contributed by atoms with Gasteiger partial charge in [-0.1, -0.05) is 32.0 Å². The molecule has 0 saturated carbocycles. The molecule has 1 aromatic rings. The van der Waals surface area contributed by atoms with E-state index in [2.05, 4.69) is 10.6 Å². The average molecular weight is 464 g/mol. The quantitative estimate of drug-likeness (QED) is 0.539. The summed E-state index contributed by atoms with van der Waals surface area (Å²) in [7, 11) is 0. The summed E-state index contributed by atoms with van der Waals surface area (Å²) < 4.78 is 5.35. The fourth-order valence-corrected chi connectivity index (χ4v) is 3.47. The van der Waals surface area contributed by atoms with E-state index in [4.69, 9.17) is 4.74 Å². The molecular weight excluding hydrogens is 422 g/mol. The summed E-state index contributed by atoms with van der Waals surface area (Å²) in [5.74, 6) is -1.16. The van der Waals surface area contributed by atoms with Gasteiger partial charge in [-0.25, -0.2) is 4.79 Å². The van der Waals surface area contributed by atoms with Gasteiger partial charge in [0.05, 0.1) is 0 Å². The van der Waals surface area contributed by atoms with Crippen LogP contribution < -0.4 is 10.6 Å². The van der Waals surface area contributed by atoms with Gasteiger partial charge in [-0.15, -0.1) is 0 Å². The van der Waals surface area contributed by atoms with Crippen LogP contribution in [0.5, 0.6) is 5.75 Å². The van der Waals surface area contributed by atoms with Crippen molar-refractivity contribution >= 4 is 17.9 Å². The average Bonchev–Trinajstić information content (AvgIpc) is 2.63. The van der Waals surface area contributed by atoms with Crippen LogP contribution in [0.4, 0.5) is 4.79 Å². The van der Waals surface area contributed by atoms with E-state index in [1.807, 2.05) is 27.7 Å². The smallest absolute Gasteiger partial charge is 0.408 e. The highest BCUT2D eigenvalue weighted by Gasteiger charge is 2.40. The van der Waals surface area contributed by atoms with Gasteiger partial charge in [-0.3, -0.25) is 9.59 Å². The lowest BCUT2D eigenvalue weighted by Crippen LogP contribution is -2.57. The van der Waals surface area contributed by atoms with Gasteiger partial charge >= 0.3 is 6.09 Å². The van der Waals surface area contributed by atoms with Crippen LogP contribution in [0.2, 0.25) is 0 Å². The molecule has 1 aromatic carbocycles. The fraction of sp³-hybridized carbons (Fsp3) is 0.640. The number of carbonyl (C=O) groups excluding carboxylic acids is 3. The third-order valence-corrected chi connectivity index (χ3v) is 4.94. The highest BCUT2D eigenvalue weighted by Crippen LogP contribution is 2.33. The largest absolute Gasteiger partial charge is 0.507 e. The van der Waals surface area contributed by atoms with Crippen LogP contribution in [0.1, 0.15) is 79.5 Å². The van der Waals surface area contributed by atoms with Crippen molar-refractivity contribution in [3.8, 4) is 5.75 Å². The number of hydrogen-bond acceptors (Lipinski definition) is 5.